The molecule has 1 aromatic rings. The highest BCUT2D eigenvalue weighted by Gasteiger charge is 2.06. The van der Waals surface area contributed by atoms with Crippen molar-refractivity contribution in [3.05, 3.63) is 23.8 Å². The van der Waals surface area contributed by atoms with Crippen molar-refractivity contribution in [1.82, 2.24) is 0 Å². The Morgan fingerprint density at radius 2 is 2.00 bits per heavy atom. The molecule has 0 aliphatic heterocycles. The van der Waals surface area contributed by atoms with Gasteiger partial charge >= 0.3 is 0 Å². The molecule has 15 heavy (non-hydrogen) atoms. The highest BCUT2D eigenvalue weighted by molar-refractivity contribution is 5.40. The molecule has 1 rings (SSSR count). The highest BCUT2D eigenvalue weighted by atomic mass is 16.5. The minimum atomic E-state index is -0.291. The van der Waals surface area contributed by atoms with E-state index in [1.807, 2.05) is 18.2 Å². The molecule has 0 fully saturated rings. The lowest BCUT2D eigenvalue weighted by atomic mass is 10.1. The van der Waals surface area contributed by atoms with Crippen LogP contribution in [0, 0.1) is 0 Å². The lowest BCUT2D eigenvalue weighted by Crippen LogP contribution is -2.02. The van der Waals surface area contributed by atoms with E-state index >= 15 is 0 Å². The van der Waals surface area contributed by atoms with Gasteiger partial charge in [-0.05, 0) is 43.5 Å². The zero-order valence-electron chi connectivity index (χ0n) is 9.49. The molecule has 0 heterocycles. The molecule has 3 heteroatoms. The van der Waals surface area contributed by atoms with Crippen LogP contribution in [-0.2, 0) is 6.42 Å². The van der Waals surface area contributed by atoms with Crippen molar-refractivity contribution in [2.75, 3.05) is 14.2 Å². The lowest BCUT2D eigenvalue weighted by Gasteiger charge is -2.11. The molecule has 0 amide bonds. The predicted molar refractivity (Wildman–Crippen MR) is 59.5 cm³/mol. The van der Waals surface area contributed by atoms with Crippen molar-refractivity contribution in [3.63, 3.8) is 0 Å². The van der Waals surface area contributed by atoms with Crippen LogP contribution in [0.3, 0.4) is 0 Å². The van der Waals surface area contributed by atoms with Crippen molar-refractivity contribution in [2.45, 2.75) is 25.9 Å². The van der Waals surface area contributed by atoms with Crippen LogP contribution >= 0.6 is 0 Å². The van der Waals surface area contributed by atoms with Gasteiger partial charge in [0.15, 0.2) is 0 Å². The first-order valence-electron chi connectivity index (χ1n) is 5.06. The molecular weight excluding hydrogens is 192 g/mol. The van der Waals surface area contributed by atoms with Crippen molar-refractivity contribution >= 4 is 0 Å². The third-order valence-electron chi connectivity index (χ3n) is 2.32. The molecule has 0 radical (unpaired) electrons. The third-order valence-corrected chi connectivity index (χ3v) is 2.32. The molecule has 0 aliphatic carbocycles. The maximum absolute atomic E-state index is 9.23. The molecule has 0 saturated heterocycles. The third kappa shape index (κ3) is 3.44. The van der Waals surface area contributed by atoms with Crippen LogP contribution in [-0.4, -0.2) is 25.4 Å². The SMILES string of the molecule is COc1ccc(OC)c(CCC(C)O)c1. The first-order chi connectivity index (χ1) is 7.17. The van der Waals surface area contributed by atoms with Gasteiger partial charge in [0.05, 0.1) is 20.3 Å². The van der Waals surface area contributed by atoms with E-state index in [2.05, 4.69) is 0 Å². The summed E-state index contributed by atoms with van der Waals surface area (Å²) in [6.07, 6.45) is 1.22. The number of aryl methyl sites for hydroxylation is 1. The molecule has 0 bridgehead atoms. The molecule has 1 unspecified atom stereocenters. The summed E-state index contributed by atoms with van der Waals surface area (Å²) >= 11 is 0. The second-order valence-electron chi connectivity index (χ2n) is 3.57. The van der Waals surface area contributed by atoms with Gasteiger partial charge < -0.3 is 14.6 Å². The van der Waals surface area contributed by atoms with Crippen molar-refractivity contribution in [2.24, 2.45) is 0 Å². The van der Waals surface area contributed by atoms with Gasteiger partial charge in [-0.15, -0.1) is 0 Å². The second kappa shape index (κ2) is 5.61. The van der Waals surface area contributed by atoms with Gasteiger partial charge in [-0.25, -0.2) is 0 Å². The largest absolute Gasteiger partial charge is 0.497 e. The molecule has 84 valence electrons. The number of rotatable bonds is 5. The molecular formula is C12H18O3. The number of aliphatic hydroxyl groups excluding tert-OH is 1. The van der Waals surface area contributed by atoms with Crippen LogP contribution in [0.15, 0.2) is 18.2 Å². The Kier molecular flexibility index (Phi) is 4.43. The molecule has 0 aliphatic rings. The number of hydrogen-bond acceptors (Lipinski definition) is 3. The summed E-state index contributed by atoms with van der Waals surface area (Å²) in [5, 5.41) is 9.23. The van der Waals surface area contributed by atoms with Crippen LogP contribution in [0.1, 0.15) is 18.9 Å². The summed E-state index contributed by atoms with van der Waals surface area (Å²) in [5.41, 5.74) is 1.07. The minimum absolute atomic E-state index is 0.291. The fourth-order valence-electron chi connectivity index (χ4n) is 1.44. The summed E-state index contributed by atoms with van der Waals surface area (Å²) in [6.45, 7) is 1.78. The minimum Gasteiger partial charge on any atom is -0.497 e. The van der Waals surface area contributed by atoms with Crippen molar-refractivity contribution in [1.29, 1.82) is 0 Å². The number of aliphatic hydroxyl groups is 1. The van der Waals surface area contributed by atoms with Gasteiger partial charge in [0.1, 0.15) is 11.5 Å². The number of methoxy groups -OCH3 is 2. The van der Waals surface area contributed by atoms with Gasteiger partial charge in [0.25, 0.3) is 0 Å². The fourth-order valence-corrected chi connectivity index (χ4v) is 1.44. The van der Waals surface area contributed by atoms with Gasteiger partial charge in [0.2, 0.25) is 0 Å². The van der Waals surface area contributed by atoms with E-state index in [9.17, 15) is 5.11 Å². The van der Waals surface area contributed by atoms with Gasteiger partial charge in [0, 0.05) is 0 Å². The average Bonchev–Trinajstić information content (AvgIpc) is 2.25. The maximum Gasteiger partial charge on any atom is 0.122 e. The molecule has 1 aromatic carbocycles. The predicted octanol–water partition coefficient (Wildman–Crippen LogP) is 2.02. The first-order valence-corrected chi connectivity index (χ1v) is 5.06. The van der Waals surface area contributed by atoms with E-state index in [-0.39, 0.29) is 6.10 Å². The summed E-state index contributed by atoms with van der Waals surface area (Å²) in [7, 11) is 3.29. The smallest absolute Gasteiger partial charge is 0.122 e. The highest BCUT2D eigenvalue weighted by Crippen LogP contribution is 2.25. The number of ether oxygens (including phenoxy) is 2. The Morgan fingerprint density at radius 3 is 2.53 bits per heavy atom. The van der Waals surface area contributed by atoms with Gasteiger partial charge in [-0.3, -0.25) is 0 Å². The Labute approximate surface area is 90.6 Å². The lowest BCUT2D eigenvalue weighted by molar-refractivity contribution is 0.184. The van der Waals surface area contributed by atoms with Crippen LogP contribution in [0.2, 0.25) is 0 Å². The summed E-state index contributed by atoms with van der Waals surface area (Å²) in [4.78, 5) is 0. The standard InChI is InChI=1S/C12H18O3/c1-9(13)4-5-10-8-11(14-2)6-7-12(10)15-3/h6-9,13H,4-5H2,1-3H3. The molecule has 3 nitrogen and oxygen atoms in total. The number of hydrogen-bond donors (Lipinski definition) is 1. The van der Waals surface area contributed by atoms with E-state index in [4.69, 9.17) is 9.47 Å². The van der Waals surface area contributed by atoms with Crippen LogP contribution < -0.4 is 9.47 Å². The van der Waals surface area contributed by atoms with E-state index in [1.54, 1.807) is 21.1 Å². The van der Waals surface area contributed by atoms with Gasteiger partial charge in [-0.1, -0.05) is 0 Å². The topological polar surface area (TPSA) is 38.7 Å². The van der Waals surface area contributed by atoms with Crippen LogP contribution in [0.25, 0.3) is 0 Å². The van der Waals surface area contributed by atoms with E-state index < -0.39 is 0 Å². The van der Waals surface area contributed by atoms with Crippen molar-refractivity contribution < 1.29 is 14.6 Å². The molecule has 0 aromatic heterocycles. The first kappa shape index (κ1) is 11.9. The van der Waals surface area contributed by atoms with Crippen molar-refractivity contribution in [3.8, 4) is 11.5 Å². The average molecular weight is 210 g/mol. The monoisotopic (exact) mass is 210 g/mol. The Hall–Kier alpha value is -1.22. The Balaban J connectivity index is 2.81. The van der Waals surface area contributed by atoms with Crippen LogP contribution in [0.4, 0.5) is 0 Å². The number of benzene rings is 1. The van der Waals surface area contributed by atoms with Crippen LogP contribution in [0.5, 0.6) is 11.5 Å². The quantitative estimate of drug-likeness (QED) is 0.808. The van der Waals surface area contributed by atoms with E-state index in [0.717, 1.165) is 29.9 Å². The Bertz CT molecular complexity index is 308. The zero-order chi connectivity index (χ0) is 11.3. The fraction of sp³-hybridized carbons (Fsp3) is 0.500. The summed E-state index contributed by atoms with van der Waals surface area (Å²) < 4.78 is 10.4. The van der Waals surface area contributed by atoms with Gasteiger partial charge in [-0.2, -0.15) is 0 Å². The van der Waals surface area contributed by atoms with E-state index in [0.29, 0.717) is 0 Å². The molecule has 0 saturated carbocycles. The Morgan fingerprint density at radius 1 is 1.27 bits per heavy atom. The van der Waals surface area contributed by atoms with E-state index in [1.165, 1.54) is 0 Å². The normalized spacial score (nSPS) is 12.3. The molecule has 1 N–H and O–H groups in total. The molecule has 1 atom stereocenters. The zero-order valence-corrected chi connectivity index (χ0v) is 9.49. The second-order valence-corrected chi connectivity index (χ2v) is 3.57. The summed E-state index contributed by atoms with van der Waals surface area (Å²) in [6, 6.07) is 5.70. The maximum atomic E-state index is 9.23. The molecule has 0 spiro atoms. The summed E-state index contributed by atoms with van der Waals surface area (Å²) in [5.74, 6) is 1.66.